The maximum atomic E-state index is 14.2. The van der Waals surface area contributed by atoms with Crippen LogP contribution < -0.4 is 4.57 Å². The number of aromatic amines is 1. The number of benzene rings is 1. The Balaban J connectivity index is 1.65. The van der Waals surface area contributed by atoms with E-state index in [4.69, 9.17) is 0 Å². The number of Topliss-reactive ketones (excluding diaryl/α,β-unsaturated/α-hetero) is 1. The highest BCUT2D eigenvalue weighted by Gasteiger charge is 2.38. The molecule has 1 fully saturated rings. The number of H-pyrrole nitrogens is 1. The Kier molecular flexibility index (Phi) is 3.32. The van der Waals surface area contributed by atoms with Crippen LogP contribution in [0, 0.1) is 11.7 Å². The van der Waals surface area contributed by atoms with E-state index in [-0.39, 0.29) is 17.8 Å². The minimum atomic E-state index is -0.210. The van der Waals surface area contributed by atoms with Gasteiger partial charge in [-0.2, -0.15) is 0 Å². The van der Waals surface area contributed by atoms with Crippen molar-refractivity contribution < 1.29 is 13.8 Å². The molecule has 4 heteroatoms. The van der Waals surface area contributed by atoms with Crippen LogP contribution in [0.15, 0.2) is 30.7 Å². The summed E-state index contributed by atoms with van der Waals surface area (Å²) < 4.78 is 16.2. The van der Waals surface area contributed by atoms with Crippen LogP contribution in [0.4, 0.5) is 4.39 Å². The third-order valence-electron chi connectivity index (χ3n) is 5.16. The van der Waals surface area contributed by atoms with Gasteiger partial charge in [0, 0.05) is 11.5 Å². The van der Waals surface area contributed by atoms with Crippen molar-refractivity contribution in [3.8, 4) is 11.3 Å². The molecule has 0 spiro atoms. The molecule has 1 unspecified atom stereocenters. The van der Waals surface area contributed by atoms with Gasteiger partial charge in [0.15, 0.2) is 5.69 Å². The molecule has 1 atom stereocenters. The molecule has 1 aliphatic heterocycles. The van der Waals surface area contributed by atoms with Gasteiger partial charge in [-0.05, 0) is 18.9 Å². The van der Waals surface area contributed by atoms with Crippen LogP contribution in [0.2, 0.25) is 0 Å². The van der Waals surface area contributed by atoms with Crippen molar-refractivity contribution in [3.63, 3.8) is 0 Å². The number of carbonyl (C=O) groups is 1. The first-order chi connectivity index (χ1) is 10.8. The summed E-state index contributed by atoms with van der Waals surface area (Å²) in [4.78, 5) is 15.7. The number of fused-ring (bicyclic) bond motifs is 3. The Morgan fingerprint density at radius 3 is 2.91 bits per heavy atom. The molecule has 1 aliphatic carbocycles. The first-order valence-electron chi connectivity index (χ1n) is 8.15. The molecule has 0 radical (unpaired) electrons. The second-order valence-electron chi connectivity index (χ2n) is 6.46. The lowest BCUT2D eigenvalue weighted by atomic mass is 9.83. The van der Waals surface area contributed by atoms with E-state index in [2.05, 4.69) is 4.98 Å². The number of nitrogens with zero attached hydrogens (tertiary/aromatic N) is 1. The Bertz CT molecular complexity index is 716. The van der Waals surface area contributed by atoms with Gasteiger partial charge in [0.1, 0.15) is 23.8 Å². The lowest BCUT2D eigenvalue weighted by molar-refractivity contribution is -0.695. The van der Waals surface area contributed by atoms with Gasteiger partial charge in [0.2, 0.25) is 6.33 Å². The van der Waals surface area contributed by atoms with Crippen molar-refractivity contribution in [2.75, 3.05) is 0 Å². The van der Waals surface area contributed by atoms with Gasteiger partial charge in [0.25, 0.3) is 0 Å². The van der Waals surface area contributed by atoms with E-state index in [1.807, 2.05) is 23.2 Å². The molecule has 1 aromatic heterocycles. The molecule has 4 rings (SSSR count). The minimum Gasteiger partial charge on any atom is -0.299 e. The molecule has 1 saturated carbocycles. The molecule has 0 bridgehead atoms. The van der Waals surface area contributed by atoms with Crippen molar-refractivity contribution in [1.29, 1.82) is 0 Å². The summed E-state index contributed by atoms with van der Waals surface area (Å²) in [6.07, 6.45) is 9.73. The summed E-state index contributed by atoms with van der Waals surface area (Å²) in [6, 6.07) is 5.11. The van der Waals surface area contributed by atoms with E-state index in [9.17, 15) is 9.18 Å². The number of carbonyl (C=O) groups excluding carboxylic acids is 1. The predicted molar refractivity (Wildman–Crippen MR) is 80.7 cm³/mol. The van der Waals surface area contributed by atoms with Gasteiger partial charge in [0.05, 0.1) is 12.0 Å². The molecule has 0 amide bonds. The Hall–Kier alpha value is -1.97. The van der Waals surface area contributed by atoms with E-state index in [0.29, 0.717) is 17.8 Å². The number of aromatic nitrogens is 2. The van der Waals surface area contributed by atoms with Gasteiger partial charge in [-0.3, -0.25) is 4.79 Å². The SMILES string of the molecule is O=C(CC1c2cccc(F)c2-c2c[nH]c[n+]21)C1CCCCC1. The fourth-order valence-corrected chi connectivity index (χ4v) is 4.03. The molecule has 2 heterocycles. The zero-order chi connectivity index (χ0) is 15.1. The smallest absolute Gasteiger partial charge is 0.242 e. The van der Waals surface area contributed by atoms with Crippen molar-refractivity contribution in [2.45, 2.75) is 44.6 Å². The zero-order valence-corrected chi connectivity index (χ0v) is 12.5. The molecular weight excluding hydrogens is 279 g/mol. The highest BCUT2D eigenvalue weighted by molar-refractivity contribution is 5.82. The summed E-state index contributed by atoms with van der Waals surface area (Å²) >= 11 is 0. The largest absolute Gasteiger partial charge is 0.299 e. The van der Waals surface area contributed by atoms with Gasteiger partial charge in [-0.15, -0.1) is 0 Å². The fourth-order valence-electron chi connectivity index (χ4n) is 4.03. The molecular formula is C18H20FN2O+. The highest BCUT2D eigenvalue weighted by Crippen LogP contribution is 2.38. The summed E-state index contributed by atoms with van der Waals surface area (Å²) in [6.45, 7) is 0. The average Bonchev–Trinajstić information content (AvgIpc) is 3.11. The Labute approximate surface area is 129 Å². The summed E-state index contributed by atoms with van der Waals surface area (Å²) in [5.74, 6) is 0.328. The van der Waals surface area contributed by atoms with Crippen LogP contribution in [0.5, 0.6) is 0 Å². The molecule has 0 saturated heterocycles. The summed E-state index contributed by atoms with van der Waals surface area (Å²) in [5, 5.41) is 0. The monoisotopic (exact) mass is 299 g/mol. The second kappa shape index (κ2) is 5.34. The van der Waals surface area contributed by atoms with Crippen LogP contribution in [-0.4, -0.2) is 10.8 Å². The van der Waals surface area contributed by atoms with Gasteiger partial charge in [-0.1, -0.05) is 31.4 Å². The number of ketones is 1. The van der Waals surface area contributed by atoms with Crippen LogP contribution >= 0.6 is 0 Å². The molecule has 1 aromatic carbocycles. The van der Waals surface area contributed by atoms with E-state index >= 15 is 0 Å². The standard InChI is InChI=1S/C18H19FN2O/c19-14-8-4-7-13-15(21-11-20-10-16(21)18(13)14)9-17(22)12-5-2-1-3-6-12/h4,7-8,10-12,15H,1-3,5-6,9H2/p+1. The Morgan fingerprint density at radius 2 is 2.09 bits per heavy atom. The van der Waals surface area contributed by atoms with Crippen molar-refractivity contribution in [3.05, 3.63) is 42.1 Å². The summed E-state index contributed by atoms with van der Waals surface area (Å²) in [5.41, 5.74) is 2.42. The van der Waals surface area contributed by atoms with Crippen molar-refractivity contribution in [2.24, 2.45) is 5.92 Å². The number of rotatable bonds is 3. The quantitative estimate of drug-likeness (QED) is 0.865. The zero-order valence-electron chi connectivity index (χ0n) is 12.5. The first-order valence-corrected chi connectivity index (χ1v) is 8.15. The highest BCUT2D eigenvalue weighted by atomic mass is 19.1. The molecule has 22 heavy (non-hydrogen) atoms. The van der Waals surface area contributed by atoms with Gasteiger partial charge >= 0.3 is 0 Å². The lowest BCUT2D eigenvalue weighted by Gasteiger charge is -2.21. The predicted octanol–water partition coefficient (Wildman–Crippen LogP) is 3.55. The third-order valence-corrected chi connectivity index (χ3v) is 5.16. The molecule has 114 valence electrons. The van der Waals surface area contributed by atoms with Gasteiger partial charge < -0.3 is 0 Å². The van der Waals surface area contributed by atoms with E-state index in [0.717, 1.165) is 36.9 Å². The number of imidazole rings is 1. The normalized spacial score (nSPS) is 20.7. The van der Waals surface area contributed by atoms with Crippen molar-refractivity contribution in [1.82, 2.24) is 4.98 Å². The molecule has 2 aliphatic rings. The average molecular weight is 299 g/mol. The second-order valence-corrected chi connectivity index (χ2v) is 6.46. The maximum Gasteiger partial charge on any atom is 0.242 e. The maximum absolute atomic E-state index is 14.2. The van der Waals surface area contributed by atoms with Gasteiger partial charge in [-0.25, -0.2) is 13.9 Å². The number of hydrogen-bond acceptors (Lipinski definition) is 1. The fraction of sp³-hybridized carbons (Fsp3) is 0.444. The molecule has 2 aromatic rings. The Morgan fingerprint density at radius 1 is 1.27 bits per heavy atom. The topological polar surface area (TPSA) is 36.7 Å². The van der Waals surface area contributed by atoms with E-state index < -0.39 is 0 Å². The third kappa shape index (κ3) is 2.09. The van der Waals surface area contributed by atoms with E-state index in [1.54, 1.807) is 6.07 Å². The van der Waals surface area contributed by atoms with Crippen LogP contribution in [0.25, 0.3) is 11.3 Å². The molecule has 3 nitrogen and oxygen atoms in total. The molecule has 1 N–H and O–H groups in total. The van der Waals surface area contributed by atoms with E-state index in [1.165, 1.54) is 12.5 Å². The lowest BCUT2D eigenvalue weighted by Crippen LogP contribution is -2.38. The number of halogens is 1. The van der Waals surface area contributed by atoms with Crippen LogP contribution in [-0.2, 0) is 4.79 Å². The minimum absolute atomic E-state index is 0.0682. The first kappa shape index (κ1) is 13.7. The number of hydrogen-bond donors (Lipinski definition) is 1. The summed E-state index contributed by atoms with van der Waals surface area (Å²) in [7, 11) is 0. The number of nitrogens with one attached hydrogen (secondary N) is 1. The van der Waals surface area contributed by atoms with Crippen LogP contribution in [0.1, 0.15) is 50.1 Å². The van der Waals surface area contributed by atoms with Crippen molar-refractivity contribution >= 4 is 5.78 Å². The van der Waals surface area contributed by atoms with Crippen LogP contribution in [0.3, 0.4) is 0 Å².